The Morgan fingerprint density at radius 2 is 1.87 bits per heavy atom. The lowest BCUT2D eigenvalue weighted by Gasteiger charge is -2.11. The number of anilines is 3. The largest absolute Gasteiger partial charge is 0.354 e. The topological polar surface area (TPSA) is 71.1 Å². The molecule has 0 spiro atoms. The van der Waals surface area contributed by atoms with Gasteiger partial charge in [-0.1, -0.05) is 38.5 Å². The van der Waals surface area contributed by atoms with Crippen molar-refractivity contribution in [3.8, 4) is 0 Å². The predicted octanol–water partition coefficient (Wildman–Crippen LogP) is 3.93. The minimum atomic E-state index is -3.31. The first kappa shape index (κ1) is 17.3. The molecule has 0 fully saturated rings. The Kier molecular flexibility index (Phi) is 5.98. The summed E-state index contributed by atoms with van der Waals surface area (Å²) in [5.41, 5.74) is 3.08. The second kappa shape index (κ2) is 7.97. The highest BCUT2D eigenvalue weighted by Crippen LogP contribution is 2.21. The molecule has 0 amide bonds. The minimum absolute atomic E-state index is 0.120. The van der Waals surface area contributed by atoms with Gasteiger partial charge in [-0.15, -0.1) is 0 Å². The third-order valence-electron chi connectivity index (χ3n) is 3.47. The van der Waals surface area contributed by atoms with Crippen molar-refractivity contribution in [2.24, 2.45) is 0 Å². The summed E-state index contributed by atoms with van der Waals surface area (Å²) in [5.74, 6) is 0.463. The molecule has 1 heterocycles. The molecule has 0 aliphatic rings. The Morgan fingerprint density at radius 3 is 2.52 bits per heavy atom. The zero-order chi connectivity index (χ0) is 16.7. The quantitative estimate of drug-likeness (QED) is 0.768. The fourth-order valence-electron chi connectivity index (χ4n) is 2.18. The SMILES string of the molecule is CCCCS(=O)(=O)Nc1ccc(Nc2ccccc2CC)cn1. The molecule has 1 aromatic heterocycles. The standard InChI is InChI=1S/C17H23N3O2S/c1-3-5-12-23(21,22)20-17-11-10-15(13-18-17)19-16-9-7-6-8-14(16)4-2/h6-11,13,19H,3-5,12H2,1-2H3,(H,18,20). The van der Waals surface area contributed by atoms with Gasteiger partial charge < -0.3 is 5.32 Å². The van der Waals surface area contributed by atoms with E-state index >= 15 is 0 Å². The molecule has 0 atom stereocenters. The molecule has 0 aliphatic carbocycles. The number of nitrogens with zero attached hydrogens (tertiary/aromatic N) is 1. The van der Waals surface area contributed by atoms with Crippen molar-refractivity contribution >= 4 is 27.2 Å². The smallest absolute Gasteiger partial charge is 0.233 e. The van der Waals surface area contributed by atoms with Gasteiger partial charge in [0, 0.05) is 5.69 Å². The predicted molar refractivity (Wildman–Crippen MR) is 95.7 cm³/mol. The maximum absolute atomic E-state index is 11.9. The molecule has 0 saturated carbocycles. The van der Waals surface area contributed by atoms with E-state index in [0.717, 1.165) is 24.2 Å². The maximum atomic E-state index is 11.9. The third-order valence-corrected chi connectivity index (χ3v) is 4.81. The van der Waals surface area contributed by atoms with Crippen LogP contribution in [-0.4, -0.2) is 19.2 Å². The fourth-order valence-corrected chi connectivity index (χ4v) is 3.39. The number of nitrogens with one attached hydrogen (secondary N) is 2. The second-order valence-electron chi connectivity index (χ2n) is 5.34. The van der Waals surface area contributed by atoms with Crippen molar-refractivity contribution in [3.05, 3.63) is 48.2 Å². The van der Waals surface area contributed by atoms with E-state index < -0.39 is 10.0 Å². The molecule has 0 aliphatic heterocycles. The molecule has 5 nitrogen and oxygen atoms in total. The fraction of sp³-hybridized carbons (Fsp3) is 0.353. The molecule has 0 saturated heterocycles. The van der Waals surface area contributed by atoms with Crippen LogP contribution >= 0.6 is 0 Å². The van der Waals surface area contributed by atoms with E-state index in [1.165, 1.54) is 5.56 Å². The van der Waals surface area contributed by atoms with Crippen LogP contribution in [0, 0.1) is 0 Å². The average Bonchev–Trinajstić information content (AvgIpc) is 2.55. The Balaban J connectivity index is 2.05. The van der Waals surface area contributed by atoms with Crippen molar-refractivity contribution < 1.29 is 8.42 Å². The van der Waals surface area contributed by atoms with E-state index in [1.807, 2.05) is 31.2 Å². The number of rotatable bonds is 8. The van der Waals surface area contributed by atoms with Gasteiger partial charge in [0.2, 0.25) is 10.0 Å². The minimum Gasteiger partial charge on any atom is -0.354 e. The van der Waals surface area contributed by atoms with Crippen LogP contribution in [0.1, 0.15) is 32.3 Å². The second-order valence-corrected chi connectivity index (χ2v) is 7.18. The van der Waals surface area contributed by atoms with E-state index in [4.69, 9.17) is 0 Å². The first-order valence-corrected chi connectivity index (χ1v) is 9.50. The lowest BCUT2D eigenvalue weighted by atomic mass is 10.1. The molecule has 0 unspecified atom stereocenters. The molecule has 2 N–H and O–H groups in total. The molecular weight excluding hydrogens is 310 g/mol. The first-order valence-electron chi connectivity index (χ1n) is 7.85. The Labute approximate surface area is 138 Å². The van der Waals surface area contributed by atoms with Crippen LogP contribution in [0.25, 0.3) is 0 Å². The summed E-state index contributed by atoms with van der Waals surface area (Å²) in [7, 11) is -3.31. The molecule has 124 valence electrons. The summed E-state index contributed by atoms with van der Waals surface area (Å²) < 4.78 is 26.2. The maximum Gasteiger partial charge on any atom is 0.233 e. The van der Waals surface area contributed by atoms with Gasteiger partial charge in [0.15, 0.2) is 0 Å². The molecule has 2 rings (SSSR count). The van der Waals surface area contributed by atoms with Gasteiger partial charge in [-0.05, 0) is 36.6 Å². The zero-order valence-electron chi connectivity index (χ0n) is 13.5. The van der Waals surface area contributed by atoms with E-state index in [2.05, 4.69) is 28.0 Å². The lowest BCUT2D eigenvalue weighted by molar-refractivity contribution is 0.597. The summed E-state index contributed by atoms with van der Waals surface area (Å²) in [6.07, 6.45) is 4.05. The highest BCUT2D eigenvalue weighted by atomic mass is 32.2. The highest BCUT2D eigenvalue weighted by molar-refractivity contribution is 7.92. The number of aryl methyl sites for hydroxylation is 1. The molecule has 1 aromatic carbocycles. The van der Waals surface area contributed by atoms with Gasteiger partial charge in [0.1, 0.15) is 5.82 Å². The third kappa shape index (κ3) is 5.25. The van der Waals surface area contributed by atoms with Gasteiger partial charge in [0.05, 0.1) is 17.6 Å². The van der Waals surface area contributed by atoms with Crippen molar-refractivity contribution in [2.45, 2.75) is 33.1 Å². The van der Waals surface area contributed by atoms with E-state index in [9.17, 15) is 8.42 Å². The molecule has 6 heteroatoms. The Morgan fingerprint density at radius 1 is 1.09 bits per heavy atom. The van der Waals surface area contributed by atoms with E-state index in [0.29, 0.717) is 12.2 Å². The van der Waals surface area contributed by atoms with Crippen molar-refractivity contribution in [1.82, 2.24) is 4.98 Å². The number of aromatic nitrogens is 1. The van der Waals surface area contributed by atoms with Crippen LogP contribution in [0.15, 0.2) is 42.6 Å². The summed E-state index contributed by atoms with van der Waals surface area (Å²) in [6.45, 7) is 4.06. The van der Waals surface area contributed by atoms with Crippen molar-refractivity contribution in [2.75, 3.05) is 15.8 Å². The van der Waals surface area contributed by atoms with Gasteiger partial charge >= 0.3 is 0 Å². The molecule has 23 heavy (non-hydrogen) atoms. The number of pyridine rings is 1. The van der Waals surface area contributed by atoms with Gasteiger partial charge in [-0.3, -0.25) is 4.72 Å². The Hall–Kier alpha value is -2.08. The molecule has 2 aromatic rings. The number of para-hydroxylation sites is 1. The van der Waals surface area contributed by atoms with Gasteiger partial charge in [0.25, 0.3) is 0 Å². The monoisotopic (exact) mass is 333 g/mol. The van der Waals surface area contributed by atoms with E-state index in [-0.39, 0.29) is 5.75 Å². The van der Waals surface area contributed by atoms with Crippen LogP contribution in [-0.2, 0) is 16.4 Å². The van der Waals surface area contributed by atoms with Crippen LogP contribution in [0.3, 0.4) is 0 Å². The van der Waals surface area contributed by atoms with E-state index in [1.54, 1.807) is 12.3 Å². The number of sulfonamides is 1. The van der Waals surface area contributed by atoms with Gasteiger partial charge in [-0.25, -0.2) is 13.4 Å². The first-order chi connectivity index (χ1) is 11.0. The van der Waals surface area contributed by atoms with Crippen LogP contribution < -0.4 is 10.0 Å². The highest BCUT2D eigenvalue weighted by Gasteiger charge is 2.10. The zero-order valence-corrected chi connectivity index (χ0v) is 14.4. The molecule has 0 bridgehead atoms. The van der Waals surface area contributed by atoms with Crippen LogP contribution in [0.2, 0.25) is 0 Å². The number of benzene rings is 1. The number of hydrogen-bond donors (Lipinski definition) is 2. The van der Waals surface area contributed by atoms with Crippen LogP contribution in [0.5, 0.6) is 0 Å². The summed E-state index contributed by atoms with van der Waals surface area (Å²) in [4.78, 5) is 4.17. The van der Waals surface area contributed by atoms with Crippen molar-refractivity contribution in [1.29, 1.82) is 0 Å². The summed E-state index contributed by atoms with van der Waals surface area (Å²) in [5, 5.41) is 3.31. The average molecular weight is 333 g/mol. The lowest BCUT2D eigenvalue weighted by Crippen LogP contribution is -2.17. The summed E-state index contributed by atoms with van der Waals surface area (Å²) >= 11 is 0. The number of hydrogen-bond acceptors (Lipinski definition) is 4. The Bertz CT molecular complexity index is 728. The van der Waals surface area contributed by atoms with Gasteiger partial charge in [-0.2, -0.15) is 0 Å². The normalized spacial score (nSPS) is 11.2. The summed E-state index contributed by atoms with van der Waals surface area (Å²) in [6, 6.07) is 11.6. The van der Waals surface area contributed by atoms with Crippen molar-refractivity contribution in [3.63, 3.8) is 0 Å². The number of unbranched alkanes of at least 4 members (excludes halogenated alkanes) is 1. The molecular formula is C17H23N3O2S. The molecule has 0 radical (unpaired) electrons. The van der Waals surface area contributed by atoms with Crippen LogP contribution in [0.4, 0.5) is 17.2 Å².